The third-order valence-electron chi connectivity index (χ3n) is 2.60. The summed E-state index contributed by atoms with van der Waals surface area (Å²) in [6.45, 7) is 0. The average molecular weight is 304 g/mol. The van der Waals surface area contributed by atoms with Gasteiger partial charge in [0.1, 0.15) is 0 Å². The lowest BCUT2D eigenvalue weighted by Gasteiger charge is -2.00. The predicted molar refractivity (Wildman–Crippen MR) is 79.2 cm³/mol. The van der Waals surface area contributed by atoms with Crippen molar-refractivity contribution >= 4 is 28.3 Å². The van der Waals surface area contributed by atoms with Gasteiger partial charge in [-0.15, -0.1) is 5.10 Å². The van der Waals surface area contributed by atoms with Crippen molar-refractivity contribution in [3.05, 3.63) is 48.8 Å². The van der Waals surface area contributed by atoms with Crippen molar-refractivity contribution in [3.8, 4) is 0 Å². The molecule has 7 heteroatoms. The molecule has 0 N–H and O–H groups in total. The van der Waals surface area contributed by atoms with Crippen LogP contribution in [0, 0.1) is 0 Å². The maximum atomic E-state index is 12.0. The zero-order valence-corrected chi connectivity index (χ0v) is 12.2. The first kappa shape index (κ1) is 13.3. The minimum absolute atomic E-state index is 0.581. The van der Waals surface area contributed by atoms with E-state index in [4.69, 9.17) is 0 Å². The second kappa shape index (κ2) is 6.15. The molecule has 2 heterocycles. The fraction of sp³-hybridized carbons (Fsp3) is 0.154. The normalized spacial score (nSPS) is 12.6. The van der Waals surface area contributed by atoms with Crippen molar-refractivity contribution in [1.82, 2.24) is 19.6 Å². The predicted octanol–water partition coefficient (Wildman–Crippen LogP) is 2.02. The molecule has 3 rings (SSSR count). The average Bonchev–Trinajstić information content (AvgIpc) is 2.90. The van der Waals surface area contributed by atoms with Gasteiger partial charge in [0.25, 0.3) is 5.78 Å². The zero-order valence-electron chi connectivity index (χ0n) is 10.5. The number of fused-ring (bicyclic) bond motifs is 1. The van der Waals surface area contributed by atoms with E-state index in [1.54, 1.807) is 16.8 Å². The van der Waals surface area contributed by atoms with Gasteiger partial charge in [-0.2, -0.15) is 4.98 Å². The van der Waals surface area contributed by atoms with Crippen molar-refractivity contribution in [1.29, 1.82) is 0 Å². The Morgan fingerprint density at radius 2 is 2.05 bits per heavy atom. The molecule has 0 aliphatic heterocycles. The molecule has 1 aromatic carbocycles. The summed E-state index contributed by atoms with van der Waals surface area (Å²) in [5.74, 6) is 1.87. The van der Waals surface area contributed by atoms with E-state index in [1.165, 1.54) is 11.8 Å². The van der Waals surface area contributed by atoms with Gasteiger partial charge in [-0.1, -0.05) is 30.0 Å². The monoisotopic (exact) mass is 304 g/mol. The fourth-order valence-corrected chi connectivity index (χ4v) is 3.78. The lowest BCUT2D eigenvalue weighted by Crippen LogP contribution is -2.00. The highest BCUT2D eigenvalue weighted by Crippen LogP contribution is 2.15. The molecular weight excluding hydrogens is 292 g/mol. The van der Waals surface area contributed by atoms with Crippen LogP contribution >= 0.6 is 11.8 Å². The highest BCUT2D eigenvalue weighted by Gasteiger charge is 2.07. The molecule has 1 unspecified atom stereocenters. The van der Waals surface area contributed by atoms with Crippen molar-refractivity contribution in [3.63, 3.8) is 0 Å². The minimum atomic E-state index is -0.974. The molecule has 0 bridgehead atoms. The van der Waals surface area contributed by atoms with E-state index in [0.717, 1.165) is 4.90 Å². The Labute approximate surface area is 122 Å². The van der Waals surface area contributed by atoms with Gasteiger partial charge in [0.2, 0.25) is 5.16 Å². The first-order chi connectivity index (χ1) is 9.83. The summed E-state index contributed by atoms with van der Waals surface area (Å²) in [6, 6.07) is 11.3. The summed E-state index contributed by atoms with van der Waals surface area (Å²) in [4.78, 5) is 9.25. The van der Waals surface area contributed by atoms with Crippen LogP contribution in [0.2, 0.25) is 0 Å². The highest BCUT2D eigenvalue weighted by molar-refractivity contribution is 8.00. The highest BCUT2D eigenvalue weighted by atomic mass is 32.2. The molecule has 5 nitrogen and oxygen atoms in total. The topological polar surface area (TPSA) is 60.2 Å². The van der Waals surface area contributed by atoms with Crippen LogP contribution in [0.1, 0.15) is 0 Å². The molecule has 102 valence electrons. The van der Waals surface area contributed by atoms with Gasteiger partial charge in [0, 0.05) is 28.8 Å². The van der Waals surface area contributed by atoms with Crippen LogP contribution in [0.3, 0.4) is 0 Å². The molecule has 0 radical (unpaired) electrons. The Balaban J connectivity index is 1.58. The van der Waals surface area contributed by atoms with Gasteiger partial charge < -0.3 is 0 Å². The van der Waals surface area contributed by atoms with E-state index in [2.05, 4.69) is 15.1 Å². The summed E-state index contributed by atoms with van der Waals surface area (Å²) in [6.07, 6.45) is 3.49. The van der Waals surface area contributed by atoms with E-state index < -0.39 is 10.8 Å². The number of hydrogen-bond acceptors (Lipinski definition) is 5. The van der Waals surface area contributed by atoms with Crippen LogP contribution < -0.4 is 0 Å². The Morgan fingerprint density at radius 1 is 1.20 bits per heavy atom. The first-order valence-corrected chi connectivity index (χ1v) is 8.37. The van der Waals surface area contributed by atoms with Crippen LogP contribution in [0.5, 0.6) is 0 Å². The smallest absolute Gasteiger partial charge is 0.253 e. The van der Waals surface area contributed by atoms with Crippen LogP contribution in [0.15, 0.2) is 58.8 Å². The van der Waals surface area contributed by atoms with Crippen molar-refractivity contribution in [2.75, 3.05) is 11.5 Å². The van der Waals surface area contributed by atoms with Gasteiger partial charge in [0.15, 0.2) is 0 Å². The molecule has 3 aromatic rings. The number of aromatic nitrogens is 4. The molecule has 0 aliphatic rings. The number of rotatable bonds is 5. The molecule has 0 saturated carbocycles. The zero-order chi connectivity index (χ0) is 13.8. The Kier molecular flexibility index (Phi) is 4.08. The van der Waals surface area contributed by atoms with Crippen molar-refractivity contribution in [2.45, 2.75) is 10.1 Å². The quantitative estimate of drug-likeness (QED) is 0.675. The molecule has 0 fully saturated rings. The molecule has 1 atom stereocenters. The SMILES string of the molecule is O=S(CCSc1nc2ncccn2n1)c1ccccc1. The van der Waals surface area contributed by atoms with Crippen LogP contribution in [0.4, 0.5) is 0 Å². The van der Waals surface area contributed by atoms with E-state index in [9.17, 15) is 4.21 Å². The lowest BCUT2D eigenvalue weighted by atomic mass is 10.4. The second-order valence-corrected chi connectivity index (χ2v) is 6.60. The number of thioether (sulfide) groups is 1. The van der Waals surface area contributed by atoms with Gasteiger partial charge in [-0.25, -0.2) is 9.50 Å². The van der Waals surface area contributed by atoms with E-state index >= 15 is 0 Å². The van der Waals surface area contributed by atoms with E-state index in [1.807, 2.05) is 36.5 Å². The number of nitrogens with zero attached hydrogens (tertiary/aromatic N) is 4. The Hall–Kier alpha value is -1.73. The fourth-order valence-electron chi connectivity index (χ4n) is 1.67. The van der Waals surface area contributed by atoms with Gasteiger partial charge in [-0.3, -0.25) is 4.21 Å². The van der Waals surface area contributed by atoms with Crippen LogP contribution in [-0.4, -0.2) is 35.3 Å². The maximum Gasteiger partial charge on any atom is 0.253 e. The summed E-state index contributed by atoms with van der Waals surface area (Å²) < 4.78 is 13.7. The Morgan fingerprint density at radius 3 is 2.85 bits per heavy atom. The standard InChI is InChI=1S/C13H12N4OS2/c18-20(11-5-2-1-3-6-11)10-9-19-13-15-12-14-7-4-8-17(12)16-13/h1-8H,9-10H2. The van der Waals surface area contributed by atoms with Crippen molar-refractivity contribution < 1.29 is 4.21 Å². The molecular formula is C13H12N4OS2. The Bertz CT molecular complexity index is 696. The second-order valence-electron chi connectivity index (χ2n) is 3.97. The minimum Gasteiger partial charge on any atom is -0.254 e. The molecule has 0 amide bonds. The molecule has 0 saturated heterocycles. The summed E-state index contributed by atoms with van der Waals surface area (Å²) in [5, 5.41) is 4.95. The molecule has 0 aliphatic carbocycles. The molecule has 0 spiro atoms. The third-order valence-corrected chi connectivity index (χ3v) is 5.07. The largest absolute Gasteiger partial charge is 0.254 e. The third kappa shape index (κ3) is 3.05. The van der Waals surface area contributed by atoms with E-state index in [0.29, 0.717) is 22.4 Å². The van der Waals surface area contributed by atoms with E-state index in [-0.39, 0.29) is 0 Å². The number of benzene rings is 1. The van der Waals surface area contributed by atoms with Gasteiger partial charge >= 0.3 is 0 Å². The first-order valence-electron chi connectivity index (χ1n) is 6.06. The maximum absolute atomic E-state index is 12.0. The molecule has 2 aromatic heterocycles. The van der Waals surface area contributed by atoms with Crippen LogP contribution in [-0.2, 0) is 10.8 Å². The van der Waals surface area contributed by atoms with Crippen LogP contribution in [0.25, 0.3) is 5.78 Å². The lowest BCUT2D eigenvalue weighted by molar-refractivity contribution is 0.684. The van der Waals surface area contributed by atoms with Gasteiger partial charge in [-0.05, 0) is 18.2 Å². The van der Waals surface area contributed by atoms with Gasteiger partial charge in [0.05, 0.1) is 10.8 Å². The summed E-state index contributed by atoms with van der Waals surface area (Å²) in [7, 11) is -0.974. The summed E-state index contributed by atoms with van der Waals surface area (Å²) >= 11 is 1.49. The number of hydrogen-bond donors (Lipinski definition) is 0. The summed E-state index contributed by atoms with van der Waals surface area (Å²) in [5.41, 5.74) is 0. The molecule has 20 heavy (non-hydrogen) atoms. The van der Waals surface area contributed by atoms with Crippen molar-refractivity contribution in [2.24, 2.45) is 0 Å².